The molecular weight excluding hydrogens is 324 g/mol. The van der Waals surface area contributed by atoms with Crippen LogP contribution in [0.3, 0.4) is 0 Å². The highest BCUT2D eigenvalue weighted by molar-refractivity contribution is 7.09. The number of nitrogens with zero attached hydrogens (tertiary/aromatic N) is 2. The summed E-state index contributed by atoms with van der Waals surface area (Å²) in [6, 6.07) is 11.3. The Morgan fingerprint density at radius 2 is 2.08 bits per heavy atom. The molecule has 126 valence electrons. The predicted molar refractivity (Wildman–Crippen MR) is 96.4 cm³/mol. The molecule has 7 heteroatoms. The van der Waals surface area contributed by atoms with E-state index < -0.39 is 0 Å². The molecule has 6 nitrogen and oxygen atoms in total. The number of non-ortho nitro benzene ring substituents is 1. The van der Waals surface area contributed by atoms with Crippen LogP contribution in [-0.2, 0) is 13.0 Å². The highest BCUT2D eigenvalue weighted by Crippen LogP contribution is 2.18. The van der Waals surface area contributed by atoms with Gasteiger partial charge in [-0.2, -0.15) is 0 Å². The van der Waals surface area contributed by atoms with Crippen LogP contribution in [-0.4, -0.2) is 23.5 Å². The molecule has 1 aliphatic rings. The third-order valence-corrected chi connectivity index (χ3v) is 4.67. The van der Waals surface area contributed by atoms with Crippen LogP contribution in [0.2, 0.25) is 0 Å². The van der Waals surface area contributed by atoms with Crippen molar-refractivity contribution in [2.45, 2.75) is 31.8 Å². The van der Waals surface area contributed by atoms with E-state index in [1.54, 1.807) is 23.5 Å². The third-order valence-electron chi connectivity index (χ3n) is 3.73. The average Bonchev–Trinajstić information content (AvgIpc) is 3.25. The number of hydrogen-bond donors (Lipinski definition) is 2. The molecule has 0 unspecified atom stereocenters. The van der Waals surface area contributed by atoms with Gasteiger partial charge in [0.15, 0.2) is 5.96 Å². The minimum absolute atomic E-state index is 0.105. The Kier molecular flexibility index (Phi) is 5.43. The lowest BCUT2D eigenvalue weighted by Crippen LogP contribution is -2.39. The van der Waals surface area contributed by atoms with Crippen molar-refractivity contribution in [1.29, 1.82) is 0 Å². The second-order valence-electron chi connectivity index (χ2n) is 5.76. The molecule has 1 aromatic heterocycles. The number of hydrogen-bond acceptors (Lipinski definition) is 4. The Labute approximate surface area is 144 Å². The number of nitro groups is 1. The minimum Gasteiger partial charge on any atom is -0.356 e. The van der Waals surface area contributed by atoms with Gasteiger partial charge < -0.3 is 10.6 Å². The van der Waals surface area contributed by atoms with Gasteiger partial charge in [0.2, 0.25) is 0 Å². The van der Waals surface area contributed by atoms with Crippen molar-refractivity contribution in [1.82, 2.24) is 10.6 Å². The summed E-state index contributed by atoms with van der Waals surface area (Å²) in [5.74, 6) is 0.812. The Morgan fingerprint density at radius 3 is 2.71 bits per heavy atom. The molecule has 2 aromatic rings. The quantitative estimate of drug-likeness (QED) is 0.350. The fourth-order valence-corrected chi connectivity index (χ4v) is 2.93. The fourth-order valence-electron chi connectivity index (χ4n) is 2.23. The lowest BCUT2D eigenvalue weighted by Gasteiger charge is -2.11. The van der Waals surface area contributed by atoms with Crippen molar-refractivity contribution in [3.05, 3.63) is 62.3 Å². The number of benzene rings is 1. The summed E-state index contributed by atoms with van der Waals surface area (Å²) in [5, 5.41) is 19.5. The molecule has 3 rings (SSSR count). The van der Waals surface area contributed by atoms with Gasteiger partial charge in [0.1, 0.15) is 0 Å². The molecule has 1 saturated carbocycles. The monoisotopic (exact) mass is 344 g/mol. The van der Waals surface area contributed by atoms with E-state index in [0.717, 1.165) is 24.5 Å². The molecule has 0 atom stereocenters. The zero-order valence-corrected chi connectivity index (χ0v) is 14.1. The second-order valence-corrected chi connectivity index (χ2v) is 6.80. The number of thiophene rings is 1. The molecule has 1 fully saturated rings. The summed E-state index contributed by atoms with van der Waals surface area (Å²) in [6.45, 7) is 1.33. The summed E-state index contributed by atoms with van der Waals surface area (Å²) in [5.41, 5.74) is 1.06. The normalized spacial score (nSPS) is 14.4. The first kappa shape index (κ1) is 16.4. The van der Waals surface area contributed by atoms with E-state index in [1.807, 2.05) is 0 Å². The van der Waals surface area contributed by atoms with Crippen molar-refractivity contribution in [3.63, 3.8) is 0 Å². The summed E-state index contributed by atoms with van der Waals surface area (Å²) >= 11 is 1.76. The summed E-state index contributed by atoms with van der Waals surface area (Å²) in [7, 11) is 0. The van der Waals surface area contributed by atoms with Crippen LogP contribution in [0.1, 0.15) is 23.3 Å². The van der Waals surface area contributed by atoms with Crippen LogP contribution in [0.25, 0.3) is 0 Å². The first-order valence-corrected chi connectivity index (χ1v) is 8.89. The maximum absolute atomic E-state index is 10.7. The molecule has 0 aliphatic heterocycles. The smallest absolute Gasteiger partial charge is 0.269 e. The van der Waals surface area contributed by atoms with E-state index in [4.69, 9.17) is 0 Å². The standard InChI is InChI=1S/C17H20N4O2S/c22-21(23)15-7-3-13(4-8-15)12-19-17(20-14-5-6-14)18-10-9-16-2-1-11-24-16/h1-4,7-8,11,14H,5-6,9-10,12H2,(H2,18,19,20). The van der Waals surface area contributed by atoms with Gasteiger partial charge in [-0.1, -0.05) is 18.2 Å². The molecule has 1 aliphatic carbocycles. The maximum Gasteiger partial charge on any atom is 0.269 e. The van der Waals surface area contributed by atoms with Crippen LogP contribution >= 0.6 is 11.3 Å². The summed E-state index contributed by atoms with van der Waals surface area (Å²) < 4.78 is 0. The van der Waals surface area contributed by atoms with Gasteiger partial charge in [-0.05, 0) is 36.3 Å². The van der Waals surface area contributed by atoms with Crippen molar-refractivity contribution in [2.24, 2.45) is 4.99 Å². The van der Waals surface area contributed by atoms with Gasteiger partial charge in [-0.3, -0.25) is 10.1 Å². The van der Waals surface area contributed by atoms with Crippen LogP contribution in [0, 0.1) is 10.1 Å². The second kappa shape index (κ2) is 7.92. The minimum atomic E-state index is -0.390. The Morgan fingerprint density at radius 1 is 1.29 bits per heavy atom. The van der Waals surface area contributed by atoms with E-state index in [2.05, 4.69) is 33.1 Å². The number of aliphatic imine (C=N–C) groups is 1. The fraction of sp³-hybridized carbons (Fsp3) is 0.353. The molecule has 1 aromatic carbocycles. The molecule has 2 N–H and O–H groups in total. The van der Waals surface area contributed by atoms with E-state index in [0.29, 0.717) is 12.6 Å². The lowest BCUT2D eigenvalue weighted by atomic mass is 10.2. The zero-order valence-electron chi connectivity index (χ0n) is 13.3. The van der Waals surface area contributed by atoms with Gasteiger partial charge in [0.05, 0.1) is 11.5 Å². The van der Waals surface area contributed by atoms with E-state index in [1.165, 1.54) is 29.9 Å². The number of guanidine groups is 1. The van der Waals surface area contributed by atoms with E-state index in [9.17, 15) is 10.1 Å². The van der Waals surface area contributed by atoms with E-state index in [-0.39, 0.29) is 10.6 Å². The first-order chi connectivity index (χ1) is 11.7. The van der Waals surface area contributed by atoms with Crippen LogP contribution in [0.5, 0.6) is 0 Å². The van der Waals surface area contributed by atoms with Gasteiger partial charge >= 0.3 is 0 Å². The maximum atomic E-state index is 10.7. The summed E-state index contributed by atoms with van der Waals surface area (Å²) in [6.07, 6.45) is 3.34. The predicted octanol–water partition coefficient (Wildman–Crippen LogP) is 3.10. The Balaban J connectivity index is 1.55. The molecule has 0 bridgehead atoms. The number of nitrogens with one attached hydrogen (secondary N) is 2. The first-order valence-electron chi connectivity index (χ1n) is 8.01. The SMILES string of the molecule is O=[N+]([O-])c1ccc(CN=C(NCCc2cccs2)NC2CC2)cc1. The highest BCUT2D eigenvalue weighted by Gasteiger charge is 2.22. The van der Waals surface area contributed by atoms with Crippen molar-refractivity contribution < 1.29 is 4.92 Å². The van der Waals surface area contributed by atoms with Crippen molar-refractivity contribution in [2.75, 3.05) is 6.54 Å². The van der Waals surface area contributed by atoms with Crippen LogP contribution < -0.4 is 10.6 Å². The number of rotatable bonds is 7. The molecule has 1 heterocycles. The van der Waals surface area contributed by atoms with Crippen molar-refractivity contribution >= 4 is 23.0 Å². The number of nitro benzene ring substituents is 1. The molecule has 0 radical (unpaired) electrons. The lowest BCUT2D eigenvalue weighted by molar-refractivity contribution is -0.384. The van der Waals surface area contributed by atoms with E-state index >= 15 is 0 Å². The topological polar surface area (TPSA) is 79.6 Å². The summed E-state index contributed by atoms with van der Waals surface area (Å²) in [4.78, 5) is 16.2. The molecule has 0 saturated heterocycles. The van der Waals surface area contributed by atoms with Gasteiger partial charge in [-0.25, -0.2) is 4.99 Å². The van der Waals surface area contributed by atoms with Crippen LogP contribution in [0.4, 0.5) is 5.69 Å². The highest BCUT2D eigenvalue weighted by atomic mass is 32.1. The van der Waals surface area contributed by atoms with Crippen LogP contribution in [0.15, 0.2) is 46.8 Å². The zero-order chi connectivity index (χ0) is 16.8. The largest absolute Gasteiger partial charge is 0.356 e. The van der Waals surface area contributed by atoms with Gasteiger partial charge in [0.25, 0.3) is 5.69 Å². The molecular formula is C17H20N4O2S. The molecule has 0 amide bonds. The average molecular weight is 344 g/mol. The van der Waals surface area contributed by atoms with Gasteiger partial charge in [-0.15, -0.1) is 11.3 Å². The Bertz CT molecular complexity index is 694. The Hall–Kier alpha value is -2.41. The third kappa shape index (κ3) is 5.06. The molecule has 0 spiro atoms. The van der Waals surface area contributed by atoms with Crippen molar-refractivity contribution in [3.8, 4) is 0 Å². The van der Waals surface area contributed by atoms with Gasteiger partial charge in [0, 0.05) is 29.6 Å². The molecule has 24 heavy (non-hydrogen) atoms.